The molecule has 0 unspecified atom stereocenters. The molecule has 4 nitrogen and oxygen atoms in total. The lowest BCUT2D eigenvalue weighted by molar-refractivity contribution is -0.118. The maximum absolute atomic E-state index is 12.1. The Balaban J connectivity index is 2.19. The second-order valence-electron chi connectivity index (χ2n) is 4.25. The highest BCUT2D eigenvalue weighted by Crippen LogP contribution is 2.47. The van der Waals surface area contributed by atoms with E-state index in [0.717, 1.165) is 17.3 Å². The Kier molecular flexibility index (Phi) is 3.59. The van der Waals surface area contributed by atoms with Gasteiger partial charge in [0.15, 0.2) is 0 Å². The maximum atomic E-state index is 12.1. The fraction of sp³-hybridized carbons (Fsp3) is 0.333. The lowest BCUT2D eigenvalue weighted by atomic mass is 10.1. The topological polar surface area (TPSA) is 64.3 Å². The summed E-state index contributed by atoms with van der Waals surface area (Å²) < 4.78 is 5.90. The van der Waals surface area contributed by atoms with E-state index in [-0.39, 0.29) is 10.9 Å². The molecule has 0 atom stereocenters. The number of methoxy groups -OCH3 is 1. The first-order chi connectivity index (χ1) is 8.49. The van der Waals surface area contributed by atoms with Gasteiger partial charge in [0, 0.05) is 10.5 Å². The van der Waals surface area contributed by atoms with Gasteiger partial charge in [0.05, 0.1) is 23.2 Å². The molecule has 1 aliphatic rings. The molecular weight excluding hydrogens is 316 g/mol. The van der Waals surface area contributed by atoms with Gasteiger partial charge in [-0.25, -0.2) is 0 Å². The van der Waals surface area contributed by atoms with Crippen LogP contribution in [0.25, 0.3) is 0 Å². The van der Waals surface area contributed by atoms with E-state index in [9.17, 15) is 4.79 Å². The summed E-state index contributed by atoms with van der Waals surface area (Å²) in [6, 6.07) is 5.37. The van der Waals surface area contributed by atoms with Gasteiger partial charge in [-0.15, -0.1) is 0 Å². The van der Waals surface area contributed by atoms with E-state index >= 15 is 0 Å². The fourth-order valence-electron chi connectivity index (χ4n) is 1.68. The number of nitrogens with one attached hydrogen (secondary N) is 1. The van der Waals surface area contributed by atoms with Crippen molar-refractivity contribution >= 4 is 44.7 Å². The molecular formula is C12H13BrN2O2S. The van der Waals surface area contributed by atoms with Crippen LogP contribution >= 0.6 is 28.1 Å². The van der Waals surface area contributed by atoms with E-state index in [4.69, 9.17) is 22.7 Å². The number of carbonyl (C=O) groups is 1. The van der Waals surface area contributed by atoms with Crippen molar-refractivity contribution in [2.45, 2.75) is 12.8 Å². The molecule has 1 aromatic rings. The summed E-state index contributed by atoms with van der Waals surface area (Å²) in [5.41, 5.74) is 5.62. The summed E-state index contributed by atoms with van der Waals surface area (Å²) in [4.78, 5) is 12.4. The number of amides is 1. The number of thiocarbonyl (C=S) groups is 1. The highest BCUT2D eigenvalue weighted by Gasteiger charge is 2.52. The van der Waals surface area contributed by atoms with E-state index in [1.807, 2.05) is 6.07 Å². The molecule has 1 saturated carbocycles. The number of benzene rings is 1. The standard InChI is InChI=1S/C12H13BrN2O2S/c1-17-7-2-3-8(13)9(6-7)15-11(16)12(4-5-12)10(14)18/h2-3,6H,4-5H2,1H3,(H2,14,18)(H,15,16). The van der Waals surface area contributed by atoms with Crippen molar-refractivity contribution in [3.63, 3.8) is 0 Å². The smallest absolute Gasteiger partial charge is 0.237 e. The molecule has 0 radical (unpaired) electrons. The number of carbonyl (C=O) groups excluding carboxylic acids is 1. The molecule has 0 spiro atoms. The minimum Gasteiger partial charge on any atom is -0.497 e. The summed E-state index contributed by atoms with van der Waals surface area (Å²) >= 11 is 8.33. The highest BCUT2D eigenvalue weighted by atomic mass is 79.9. The molecule has 1 aromatic carbocycles. The van der Waals surface area contributed by atoms with Crippen LogP contribution in [0.15, 0.2) is 22.7 Å². The first kappa shape index (κ1) is 13.3. The summed E-state index contributed by atoms with van der Waals surface area (Å²) in [6.45, 7) is 0. The summed E-state index contributed by atoms with van der Waals surface area (Å²) in [5.74, 6) is 0.526. The van der Waals surface area contributed by atoms with Crippen LogP contribution in [-0.4, -0.2) is 18.0 Å². The molecule has 0 heterocycles. The second kappa shape index (κ2) is 4.85. The molecule has 6 heteroatoms. The average molecular weight is 329 g/mol. The number of hydrogen-bond donors (Lipinski definition) is 2. The Labute approximate surface area is 119 Å². The van der Waals surface area contributed by atoms with Crippen LogP contribution in [0.2, 0.25) is 0 Å². The van der Waals surface area contributed by atoms with Crippen LogP contribution in [0.5, 0.6) is 5.75 Å². The van der Waals surface area contributed by atoms with Crippen LogP contribution in [-0.2, 0) is 4.79 Å². The first-order valence-electron chi connectivity index (χ1n) is 5.44. The van der Waals surface area contributed by atoms with E-state index in [2.05, 4.69) is 21.2 Å². The Bertz CT molecular complexity index is 515. The highest BCUT2D eigenvalue weighted by molar-refractivity contribution is 9.10. The fourth-order valence-corrected chi connectivity index (χ4v) is 2.32. The van der Waals surface area contributed by atoms with Crippen LogP contribution in [0, 0.1) is 5.41 Å². The van der Waals surface area contributed by atoms with Crippen molar-refractivity contribution in [2.24, 2.45) is 11.1 Å². The normalized spacial score (nSPS) is 15.9. The van der Waals surface area contributed by atoms with Crippen molar-refractivity contribution in [3.05, 3.63) is 22.7 Å². The Morgan fingerprint density at radius 2 is 2.22 bits per heavy atom. The van der Waals surface area contributed by atoms with E-state index in [0.29, 0.717) is 11.4 Å². The van der Waals surface area contributed by atoms with E-state index in [1.54, 1.807) is 19.2 Å². The molecule has 1 fully saturated rings. The van der Waals surface area contributed by atoms with Crippen LogP contribution in [0.1, 0.15) is 12.8 Å². The summed E-state index contributed by atoms with van der Waals surface area (Å²) in [7, 11) is 1.58. The average Bonchev–Trinajstić information content (AvgIpc) is 3.13. The van der Waals surface area contributed by atoms with Gasteiger partial charge in [-0.3, -0.25) is 4.79 Å². The van der Waals surface area contributed by atoms with Gasteiger partial charge in [-0.2, -0.15) is 0 Å². The maximum Gasteiger partial charge on any atom is 0.237 e. The molecule has 0 aromatic heterocycles. The minimum absolute atomic E-state index is 0.149. The van der Waals surface area contributed by atoms with Crippen molar-refractivity contribution in [3.8, 4) is 5.75 Å². The van der Waals surface area contributed by atoms with Gasteiger partial charge in [0.2, 0.25) is 5.91 Å². The number of ether oxygens (including phenoxy) is 1. The number of anilines is 1. The van der Waals surface area contributed by atoms with Gasteiger partial charge >= 0.3 is 0 Å². The number of hydrogen-bond acceptors (Lipinski definition) is 3. The third-order valence-corrected chi connectivity index (χ3v) is 4.16. The Hall–Kier alpha value is -1.14. The third kappa shape index (κ3) is 2.35. The van der Waals surface area contributed by atoms with Crippen LogP contribution in [0.3, 0.4) is 0 Å². The second-order valence-corrected chi connectivity index (χ2v) is 5.54. The molecule has 0 aliphatic heterocycles. The van der Waals surface area contributed by atoms with Gasteiger partial charge in [0.25, 0.3) is 0 Å². The number of halogens is 1. The molecule has 1 amide bonds. The Morgan fingerprint density at radius 3 is 2.72 bits per heavy atom. The van der Waals surface area contributed by atoms with Crippen molar-refractivity contribution in [1.29, 1.82) is 0 Å². The quantitative estimate of drug-likeness (QED) is 0.833. The van der Waals surface area contributed by atoms with Crippen molar-refractivity contribution < 1.29 is 9.53 Å². The van der Waals surface area contributed by atoms with E-state index in [1.165, 1.54) is 0 Å². The van der Waals surface area contributed by atoms with Crippen LogP contribution < -0.4 is 15.8 Å². The lowest BCUT2D eigenvalue weighted by Gasteiger charge is -2.15. The predicted octanol–water partition coefficient (Wildman–Crippen LogP) is 2.46. The van der Waals surface area contributed by atoms with Crippen LogP contribution in [0.4, 0.5) is 5.69 Å². The third-order valence-electron chi connectivity index (χ3n) is 3.08. The molecule has 0 saturated heterocycles. The molecule has 2 rings (SSSR count). The predicted molar refractivity (Wildman–Crippen MR) is 77.8 cm³/mol. The molecule has 0 bridgehead atoms. The molecule has 1 aliphatic carbocycles. The minimum atomic E-state index is -0.655. The van der Waals surface area contributed by atoms with Gasteiger partial charge < -0.3 is 15.8 Å². The molecule has 96 valence electrons. The lowest BCUT2D eigenvalue weighted by Crippen LogP contribution is -2.35. The molecule has 3 N–H and O–H groups in total. The largest absolute Gasteiger partial charge is 0.497 e. The zero-order valence-electron chi connectivity index (χ0n) is 9.83. The van der Waals surface area contributed by atoms with Gasteiger partial charge in [0.1, 0.15) is 5.75 Å². The van der Waals surface area contributed by atoms with Gasteiger partial charge in [-0.1, -0.05) is 12.2 Å². The zero-order valence-corrected chi connectivity index (χ0v) is 12.2. The zero-order chi connectivity index (χ0) is 13.3. The summed E-state index contributed by atoms with van der Waals surface area (Å²) in [5, 5.41) is 2.84. The number of nitrogens with two attached hydrogens (primary N) is 1. The van der Waals surface area contributed by atoms with Crippen molar-refractivity contribution in [1.82, 2.24) is 0 Å². The number of rotatable bonds is 4. The van der Waals surface area contributed by atoms with Gasteiger partial charge in [-0.05, 0) is 40.9 Å². The summed E-state index contributed by atoms with van der Waals surface area (Å²) in [6.07, 6.45) is 1.44. The SMILES string of the molecule is COc1ccc(Br)c(NC(=O)C2(C(N)=S)CC2)c1. The Morgan fingerprint density at radius 1 is 1.56 bits per heavy atom. The first-order valence-corrected chi connectivity index (χ1v) is 6.64. The monoisotopic (exact) mass is 328 g/mol. The molecule has 18 heavy (non-hydrogen) atoms. The van der Waals surface area contributed by atoms with Crippen molar-refractivity contribution in [2.75, 3.05) is 12.4 Å². The van der Waals surface area contributed by atoms with E-state index < -0.39 is 5.41 Å².